The topological polar surface area (TPSA) is 9.23 Å². The van der Waals surface area contributed by atoms with Crippen LogP contribution in [0.5, 0.6) is 5.75 Å². The Labute approximate surface area is 170 Å². The molecule has 0 saturated carbocycles. The fourth-order valence-electron chi connectivity index (χ4n) is 3.76. The number of rotatable bonds is 5. The third-order valence-electron chi connectivity index (χ3n) is 5.20. The van der Waals surface area contributed by atoms with E-state index < -0.39 is 17.7 Å². The molecule has 0 spiro atoms. The van der Waals surface area contributed by atoms with Gasteiger partial charge in [-0.2, -0.15) is 0 Å². The average Bonchev–Trinajstić information content (AvgIpc) is 2.64. The first kappa shape index (κ1) is 21.2. The molecule has 0 aliphatic rings. The van der Waals surface area contributed by atoms with Crippen LogP contribution in [-0.4, -0.2) is 6.61 Å². The van der Waals surface area contributed by atoms with Crippen molar-refractivity contribution in [3.63, 3.8) is 0 Å². The molecule has 0 atom stereocenters. The molecule has 0 unspecified atom stereocenters. The lowest BCUT2D eigenvalue weighted by Crippen LogP contribution is -2.29. The van der Waals surface area contributed by atoms with Crippen molar-refractivity contribution in [2.75, 3.05) is 6.61 Å². The van der Waals surface area contributed by atoms with Gasteiger partial charge in [0.15, 0.2) is 0 Å². The molecule has 0 amide bonds. The van der Waals surface area contributed by atoms with Crippen LogP contribution in [0, 0.1) is 5.82 Å². The molecule has 0 radical (unpaired) electrons. The van der Waals surface area contributed by atoms with E-state index in [0.717, 1.165) is 16.3 Å². The summed E-state index contributed by atoms with van der Waals surface area (Å²) in [6.45, 7) is 9.94. The number of hydrogen-bond donors (Lipinski definition) is 0. The van der Waals surface area contributed by atoms with Crippen LogP contribution in [0.25, 0.3) is 10.8 Å². The molecule has 3 aromatic carbocycles. The summed E-state index contributed by atoms with van der Waals surface area (Å²) in [5.41, 5.74) is -0.157. The average molecular weight is 400 g/mol. The standard InChI is InChI=1S/C25H27F3O/c1-24(2,3)20-14-17(13-16-9-6-7-10-18(16)20)29-15-25(4,5)22-19(23(27)28)11-8-12-21(22)26/h6-14,23H,15H2,1-5H3. The molecule has 0 bridgehead atoms. The van der Waals surface area contributed by atoms with E-state index in [2.05, 4.69) is 26.8 Å². The predicted octanol–water partition coefficient (Wildman–Crippen LogP) is 7.57. The third-order valence-corrected chi connectivity index (χ3v) is 5.20. The molecule has 3 rings (SSSR count). The van der Waals surface area contributed by atoms with Crippen molar-refractivity contribution in [2.45, 2.75) is 51.9 Å². The van der Waals surface area contributed by atoms with E-state index in [9.17, 15) is 13.2 Å². The lowest BCUT2D eigenvalue weighted by atomic mass is 9.82. The van der Waals surface area contributed by atoms with Crippen LogP contribution in [0.1, 0.15) is 57.7 Å². The highest BCUT2D eigenvalue weighted by atomic mass is 19.3. The third kappa shape index (κ3) is 4.42. The van der Waals surface area contributed by atoms with Crippen LogP contribution in [0.3, 0.4) is 0 Å². The smallest absolute Gasteiger partial charge is 0.264 e. The van der Waals surface area contributed by atoms with Gasteiger partial charge in [-0.3, -0.25) is 0 Å². The second-order valence-electron chi connectivity index (χ2n) is 9.12. The molecule has 3 aromatic rings. The molecule has 29 heavy (non-hydrogen) atoms. The van der Waals surface area contributed by atoms with E-state index in [4.69, 9.17) is 4.74 Å². The summed E-state index contributed by atoms with van der Waals surface area (Å²) in [6.07, 6.45) is -2.74. The van der Waals surface area contributed by atoms with Crippen molar-refractivity contribution >= 4 is 10.8 Å². The van der Waals surface area contributed by atoms with Gasteiger partial charge in [0, 0.05) is 16.5 Å². The molecule has 0 aromatic heterocycles. The minimum atomic E-state index is -2.74. The molecular weight excluding hydrogens is 373 g/mol. The lowest BCUT2D eigenvalue weighted by Gasteiger charge is -2.29. The Morgan fingerprint density at radius 1 is 0.897 bits per heavy atom. The summed E-state index contributed by atoms with van der Waals surface area (Å²) in [5.74, 6) is 0.0157. The van der Waals surface area contributed by atoms with Gasteiger partial charge in [-0.25, -0.2) is 13.2 Å². The molecule has 0 heterocycles. The zero-order valence-electron chi connectivity index (χ0n) is 17.5. The minimum Gasteiger partial charge on any atom is -0.493 e. The van der Waals surface area contributed by atoms with Crippen molar-refractivity contribution in [2.24, 2.45) is 0 Å². The molecule has 154 valence electrons. The van der Waals surface area contributed by atoms with Gasteiger partial charge in [0.2, 0.25) is 0 Å². The van der Waals surface area contributed by atoms with Gasteiger partial charge in [0.25, 0.3) is 6.43 Å². The fourth-order valence-corrected chi connectivity index (χ4v) is 3.76. The first-order valence-electron chi connectivity index (χ1n) is 9.74. The maximum atomic E-state index is 14.5. The lowest BCUT2D eigenvalue weighted by molar-refractivity contribution is 0.145. The van der Waals surface area contributed by atoms with Crippen LogP contribution in [0.15, 0.2) is 54.6 Å². The summed E-state index contributed by atoms with van der Waals surface area (Å²) < 4.78 is 47.4. The maximum absolute atomic E-state index is 14.5. The van der Waals surface area contributed by atoms with Gasteiger partial charge in [0.05, 0.1) is 6.61 Å². The predicted molar refractivity (Wildman–Crippen MR) is 113 cm³/mol. The molecule has 0 N–H and O–H groups in total. The number of fused-ring (bicyclic) bond motifs is 1. The highest BCUT2D eigenvalue weighted by Crippen LogP contribution is 2.37. The normalized spacial score (nSPS) is 12.6. The first-order valence-corrected chi connectivity index (χ1v) is 9.74. The van der Waals surface area contributed by atoms with Crippen molar-refractivity contribution in [3.05, 3.63) is 77.1 Å². The van der Waals surface area contributed by atoms with E-state index in [0.29, 0.717) is 5.75 Å². The van der Waals surface area contributed by atoms with Crippen LogP contribution in [0.2, 0.25) is 0 Å². The van der Waals surface area contributed by atoms with Gasteiger partial charge in [-0.1, -0.05) is 71.0 Å². The summed E-state index contributed by atoms with van der Waals surface area (Å²) in [7, 11) is 0. The number of halogens is 3. The number of hydrogen-bond acceptors (Lipinski definition) is 1. The highest BCUT2D eigenvalue weighted by molar-refractivity contribution is 5.88. The van der Waals surface area contributed by atoms with Crippen LogP contribution in [-0.2, 0) is 10.8 Å². The quantitative estimate of drug-likeness (QED) is 0.429. The minimum absolute atomic E-state index is 0.00633. The number of benzene rings is 3. The van der Waals surface area contributed by atoms with Gasteiger partial charge in [0.1, 0.15) is 11.6 Å². The van der Waals surface area contributed by atoms with Crippen LogP contribution in [0.4, 0.5) is 13.2 Å². The Bertz CT molecular complexity index is 1020. The maximum Gasteiger partial charge on any atom is 0.264 e. The Balaban J connectivity index is 1.97. The van der Waals surface area contributed by atoms with Crippen molar-refractivity contribution in [1.29, 1.82) is 0 Å². The summed E-state index contributed by atoms with van der Waals surface area (Å²) in [6, 6.07) is 15.8. The Morgan fingerprint density at radius 3 is 2.24 bits per heavy atom. The zero-order valence-corrected chi connectivity index (χ0v) is 17.5. The van der Waals surface area contributed by atoms with E-state index in [1.165, 1.54) is 18.2 Å². The number of ether oxygens (including phenoxy) is 1. The van der Waals surface area contributed by atoms with Crippen LogP contribution >= 0.6 is 0 Å². The van der Waals surface area contributed by atoms with Gasteiger partial charge < -0.3 is 4.74 Å². The SMILES string of the molecule is CC(C)(C)c1cc(OCC(C)(C)c2c(F)cccc2C(F)F)cc2ccccc12. The molecule has 0 saturated heterocycles. The fraction of sp³-hybridized carbons (Fsp3) is 0.360. The van der Waals surface area contributed by atoms with E-state index in [1.807, 2.05) is 30.3 Å². The van der Waals surface area contributed by atoms with Crippen molar-refractivity contribution in [1.82, 2.24) is 0 Å². The Kier molecular flexibility index (Phi) is 5.66. The van der Waals surface area contributed by atoms with E-state index >= 15 is 0 Å². The number of alkyl halides is 2. The highest BCUT2D eigenvalue weighted by Gasteiger charge is 2.31. The molecular formula is C25H27F3O. The van der Waals surface area contributed by atoms with Crippen LogP contribution < -0.4 is 4.74 Å². The monoisotopic (exact) mass is 400 g/mol. The van der Waals surface area contributed by atoms with Crippen molar-refractivity contribution in [3.8, 4) is 5.75 Å². The van der Waals surface area contributed by atoms with Crippen molar-refractivity contribution < 1.29 is 17.9 Å². The summed E-state index contributed by atoms with van der Waals surface area (Å²) in [4.78, 5) is 0. The molecule has 0 aliphatic carbocycles. The first-order chi connectivity index (χ1) is 13.5. The van der Waals surface area contributed by atoms with Gasteiger partial charge >= 0.3 is 0 Å². The second-order valence-corrected chi connectivity index (χ2v) is 9.12. The molecule has 1 nitrogen and oxygen atoms in total. The second kappa shape index (κ2) is 7.74. The Morgan fingerprint density at radius 2 is 1.59 bits per heavy atom. The van der Waals surface area contributed by atoms with E-state index in [1.54, 1.807) is 13.8 Å². The molecule has 4 heteroatoms. The summed E-state index contributed by atoms with van der Waals surface area (Å²) in [5, 5.41) is 2.20. The summed E-state index contributed by atoms with van der Waals surface area (Å²) >= 11 is 0. The van der Waals surface area contributed by atoms with Gasteiger partial charge in [-0.15, -0.1) is 0 Å². The van der Waals surface area contributed by atoms with E-state index in [-0.39, 0.29) is 23.1 Å². The largest absolute Gasteiger partial charge is 0.493 e. The molecule has 0 aliphatic heterocycles. The van der Waals surface area contributed by atoms with Gasteiger partial charge in [-0.05, 0) is 39.9 Å². The zero-order chi connectivity index (χ0) is 21.4. The molecule has 0 fully saturated rings. The Hall–Kier alpha value is -2.49.